The molecular formula is C24H29FN2O2. The fourth-order valence-electron chi connectivity index (χ4n) is 4.98. The minimum absolute atomic E-state index is 0.00629. The zero-order valence-electron chi connectivity index (χ0n) is 17.5. The summed E-state index contributed by atoms with van der Waals surface area (Å²) in [4.78, 5) is 28.7. The van der Waals surface area contributed by atoms with Gasteiger partial charge in [-0.05, 0) is 55.7 Å². The molecule has 0 bridgehead atoms. The molecule has 3 aliphatic rings. The van der Waals surface area contributed by atoms with Gasteiger partial charge in [-0.15, -0.1) is 0 Å². The number of carbonyl (C=O) groups is 2. The smallest absolute Gasteiger partial charge is 0.252 e. The summed E-state index contributed by atoms with van der Waals surface area (Å²) < 4.78 is 13.6. The van der Waals surface area contributed by atoms with Crippen LogP contribution in [0.15, 0.2) is 46.8 Å². The molecule has 29 heavy (non-hydrogen) atoms. The van der Waals surface area contributed by atoms with Crippen molar-refractivity contribution >= 4 is 11.7 Å². The molecule has 154 valence electrons. The van der Waals surface area contributed by atoms with Crippen LogP contribution >= 0.6 is 0 Å². The van der Waals surface area contributed by atoms with Crippen LogP contribution in [0, 0.1) is 11.2 Å². The van der Waals surface area contributed by atoms with Gasteiger partial charge in [0.1, 0.15) is 5.82 Å². The minimum atomic E-state index is -0.440. The predicted octanol–water partition coefficient (Wildman–Crippen LogP) is 4.44. The van der Waals surface area contributed by atoms with Gasteiger partial charge >= 0.3 is 0 Å². The van der Waals surface area contributed by atoms with Crippen LogP contribution in [0.1, 0.15) is 64.4 Å². The van der Waals surface area contributed by atoms with E-state index in [1.807, 2.05) is 11.8 Å². The van der Waals surface area contributed by atoms with Gasteiger partial charge in [0.15, 0.2) is 5.78 Å². The zero-order valence-corrected chi connectivity index (χ0v) is 17.5. The molecule has 1 fully saturated rings. The van der Waals surface area contributed by atoms with Crippen molar-refractivity contribution in [1.82, 2.24) is 10.2 Å². The minimum Gasteiger partial charge on any atom is -0.362 e. The topological polar surface area (TPSA) is 49.4 Å². The number of ketones is 1. The lowest BCUT2D eigenvalue weighted by molar-refractivity contribution is -0.128. The Bertz CT molecular complexity index is 905. The molecule has 1 N–H and O–H groups in total. The van der Waals surface area contributed by atoms with E-state index in [-0.39, 0.29) is 22.9 Å². The van der Waals surface area contributed by atoms with Crippen molar-refractivity contribution in [2.45, 2.75) is 58.8 Å². The Balaban J connectivity index is 1.82. The third-order valence-corrected chi connectivity index (χ3v) is 6.32. The van der Waals surface area contributed by atoms with Gasteiger partial charge in [-0.2, -0.15) is 0 Å². The maximum absolute atomic E-state index is 13.6. The second-order valence-corrected chi connectivity index (χ2v) is 9.33. The monoisotopic (exact) mass is 396 g/mol. The highest BCUT2D eigenvalue weighted by Crippen LogP contribution is 2.47. The van der Waals surface area contributed by atoms with Crippen LogP contribution in [-0.2, 0) is 9.59 Å². The molecule has 1 aromatic rings. The second-order valence-electron chi connectivity index (χ2n) is 9.33. The lowest BCUT2D eigenvalue weighted by atomic mass is 9.68. The Morgan fingerprint density at radius 3 is 2.41 bits per heavy atom. The summed E-state index contributed by atoms with van der Waals surface area (Å²) in [5.74, 6) is -0.690. The SMILES string of the molecule is CC1=C(C(=O)N2CCCCC2)[C@@H](c2ccc(F)cc2)C2=C(CC(C)(C)CC2=O)N1. The maximum atomic E-state index is 13.6. The van der Waals surface area contributed by atoms with Gasteiger partial charge in [-0.1, -0.05) is 26.0 Å². The number of halogens is 1. The third-order valence-electron chi connectivity index (χ3n) is 6.32. The number of dihydropyridines is 1. The molecule has 1 aliphatic carbocycles. The fourth-order valence-corrected chi connectivity index (χ4v) is 4.98. The van der Waals surface area contributed by atoms with Crippen molar-refractivity contribution < 1.29 is 14.0 Å². The molecule has 1 amide bonds. The Morgan fingerprint density at radius 1 is 1.10 bits per heavy atom. The maximum Gasteiger partial charge on any atom is 0.252 e. The van der Waals surface area contributed by atoms with E-state index in [2.05, 4.69) is 19.2 Å². The Kier molecular flexibility index (Phi) is 5.09. The number of hydrogen-bond donors (Lipinski definition) is 1. The summed E-state index contributed by atoms with van der Waals surface area (Å²) >= 11 is 0. The number of hydrogen-bond acceptors (Lipinski definition) is 3. The first kappa shape index (κ1) is 19.9. The number of benzene rings is 1. The van der Waals surface area contributed by atoms with E-state index in [1.54, 1.807) is 12.1 Å². The highest BCUT2D eigenvalue weighted by Gasteiger charge is 2.43. The van der Waals surface area contributed by atoms with Crippen LogP contribution in [0.25, 0.3) is 0 Å². The quantitative estimate of drug-likeness (QED) is 0.804. The van der Waals surface area contributed by atoms with E-state index in [0.29, 0.717) is 17.6 Å². The Morgan fingerprint density at radius 2 is 1.76 bits per heavy atom. The molecule has 1 atom stereocenters. The molecule has 5 heteroatoms. The molecule has 2 heterocycles. The first-order chi connectivity index (χ1) is 13.8. The van der Waals surface area contributed by atoms with Crippen LogP contribution in [0.2, 0.25) is 0 Å². The molecule has 0 unspecified atom stereocenters. The van der Waals surface area contributed by atoms with Gasteiger partial charge in [0.05, 0.1) is 0 Å². The number of piperidine rings is 1. The summed E-state index contributed by atoms with van der Waals surface area (Å²) in [6.45, 7) is 7.61. The largest absolute Gasteiger partial charge is 0.362 e. The van der Waals surface area contributed by atoms with Crippen LogP contribution in [-0.4, -0.2) is 29.7 Å². The van der Waals surface area contributed by atoms with Gasteiger partial charge < -0.3 is 10.2 Å². The highest BCUT2D eigenvalue weighted by molar-refractivity contribution is 6.05. The lowest BCUT2D eigenvalue weighted by Gasteiger charge is -2.41. The molecule has 0 spiro atoms. The van der Waals surface area contributed by atoms with Gasteiger partial charge in [-0.25, -0.2) is 4.39 Å². The Labute approximate surface area is 171 Å². The molecule has 1 saturated heterocycles. The summed E-state index contributed by atoms with van der Waals surface area (Å²) in [7, 11) is 0. The van der Waals surface area contributed by atoms with Gasteiger partial charge in [0, 0.05) is 48.0 Å². The van der Waals surface area contributed by atoms with Gasteiger partial charge in [0.25, 0.3) is 5.91 Å². The van der Waals surface area contributed by atoms with Crippen molar-refractivity contribution in [3.05, 3.63) is 58.2 Å². The van der Waals surface area contributed by atoms with E-state index in [1.165, 1.54) is 12.1 Å². The van der Waals surface area contributed by atoms with Crippen LogP contribution in [0.3, 0.4) is 0 Å². The van der Waals surface area contributed by atoms with Crippen molar-refractivity contribution in [2.75, 3.05) is 13.1 Å². The average molecular weight is 397 g/mol. The van der Waals surface area contributed by atoms with E-state index in [0.717, 1.165) is 55.7 Å². The van der Waals surface area contributed by atoms with E-state index < -0.39 is 5.92 Å². The van der Waals surface area contributed by atoms with Gasteiger partial charge in [0.2, 0.25) is 0 Å². The molecule has 4 nitrogen and oxygen atoms in total. The molecular weight excluding hydrogens is 367 g/mol. The number of nitrogens with zero attached hydrogens (tertiary/aromatic N) is 1. The van der Waals surface area contributed by atoms with Crippen LogP contribution in [0.4, 0.5) is 4.39 Å². The standard InChI is InChI=1S/C24H29FN2O2/c1-15-20(23(29)27-11-5-4-6-12-27)21(16-7-9-17(25)10-8-16)22-18(26-15)13-24(2,3)14-19(22)28/h7-10,21,26H,4-6,11-14H2,1-3H3/t21-/m1/s1. The van der Waals surface area contributed by atoms with Crippen LogP contribution < -0.4 is 5.32 Å². The molecule has 0 saturated carbocycles. The van der Waals surface area contributed by atoms with Crippen molar-refractivity contribution in [2.24, 2.45) is 5.41 Å². The third kappa shape index (κ3) is 3.75. The fraction of sp³-hybridized carbons (Fsp3) is 0.500. The van der Waals surface area contributed by atoms with Crippen molar-refractivity contribution in [3.63, 3.8) is 0 Å². The molecule has 0 aromatic heterocycles. The van der Waals surface area contributed by atoms with Crippen molar-refractivity contribution in [1.29, 1.82) is 0 Å². The average Bonchev–Trinajstić information content (AvgIpc) is 2.67. The number of likely N-dealkylation sites (tertiary alicyclic amines) is 1. The number of rotatable bonds is 2. The first-order valence-electron chi connectivity index (χ1n) is 10.6. The molecule has 1 aromatic carbocycles. The van der Waals surface area contributed by atoms with E-state index in [4.69, 9.17) is 0 Å². The summed E-state index contributed by atoms with van der Waals surface area (Å²) in [5.41, 5.74) is 3.71. The molecule has 2 aliphatic heterocycles. The summed E-state index contributed by atoms with van der Waals surface area (Å²) in [5, 5.41) is 3.40. The number of nitrogens with one attached hydrogen (secondary N) is 1. The molecule has 0 radical (unpaired) electrons. The normalized spacial score (nSPS) is 24.3. The van der Waals surface area contributed by atoms with E-state index >= 15 is 0 Å². The summed E-state index contributed by atoms with van der Waals surface area (Å²) in [6.07, 6.45) is 4.37. The number of Topliss-reactive ketones (excluding diaryl/α,β-unsaturated/α-hetero) is 1. The van der Waals surface area contributed by atoms with Crippen molar-refractivity contribution in [3.8, 4) is 0 Å². The second kappa shape index (κ2) is 7.43. The number of allylic oxidation sites excluding steroid dienone is 3. The number of carbonyl (C=O) groups excluding carboxylic acids is 2. The summed E-state index contributed by atoms with van der Waals surface area (Å²) in [6, 6.07) is 6.24. The Hall–Kier alpha value is -2.43. The van der Waals surface area contributed by atoms with Gasteiger partial charge in [-0.3, -0.25) is 9.59 Å². The first-order valence-corrected chi connectivity index (χ1v) is 10.6. The zero-order chi connectivity index (χ0) is 20.8. The van der Waals surface area contributed by atoms with E-state index in [9.17, 15) is 14.0 Å². The lowest BCUT2D eigenvalue weighted by Crippen LogP contribution is -2.43. The van der Waals surface area contributed by atoms with Crippen LogP contribution in [0.5, 0.6) is 0 Å². The highest BCUT2D eigenvalue weighted by atomic mass is 19.1. The number of amides is 1. The predicted molar refractivity (Wildman–Crippen MR) is 110 cm³/mol. The molecule has 4 rings (SSSR count).